The van der Waals surface area contributed by atoms with E-state index in [-0.39, 0.29) is 5.75 Å². The third kappa shape index (κ3) is 4.14. The second-order valence-electron chi connectivity index (χ2n) is 4.77. The van der Waals surface area contributed by atoms with E-state index in [0.717, 1.165) is 11.3 Å². The molecule has 0 aliphatic rings. The number of rotatable bonds is 5. The molecule has 0 aliphatic carbocycles. The summed E-state index contributed by atoms with van der Waals surface area (Å²) < 4.78 is 19.4. The Kier molecular flexibility index (Phi) is 4.63. The van der Waals surface area contributed by atoms with Crippen molar-refractivity contribution in [2.24, 2.45) is 5.10 Å². The third-order valence-corrected chi connectivity index (χ3v) is 3.78. The molecule has 0 radical (unpaired) electrons. The standard InChI is InChI=1S/C17H14FN3OS/c1-12-11-23-17(20-12)21-19-10-13-7-8-15(18)16(9-13)22-14-5-3-2-4-6-14/h2-11H,1H3,(H,20,21). The van der Waals surface area contributed by atoms with E-state index in [1.807, 2.05) is 30.5 Å². The van der Waals surface area contributed by atoms with Crippen LogP contribution in [-0.4, -0.2) is 11.2 Å². The Hall–Kier alpha value is -2.73. The van der Waals surface area contributed by atoms with Crippen LogP contribution in [0.3, 0.4) is 0 Å². The van der Waals surface area contributed by atoms with E-state index >= 15 is 0 Å². The number of halogens is 1. The number of ether oxygens (including phenoxy) is 1. The maximum Gasteiger partial charge on any atom is 0.203 e. The van der Waals surface area contributed by atoms with Crippen molar-refractivity contribution in [1.29, 1.82) is 0 Å². The summed E-state index contributed by atoms with van der Waals surface area (Å²) in [6.45, 7) is 1.92. The van der Waals surface area contributed by atoms with Crippen LogP contribution < -0.4 is 10.2 Å². The van der Waals surface area contributed by atoms with Crippen molar-refractivity contribution in [1.82, 2.24) is 4.98 Å². The molecule has 6 heteroatoms. The number of hydrazone groups is 1. The van der Waals surface area contributed by atoms with Gasteiger partial charge < -0.3 is 4.74 Å². The van der Waals surface area contributed by atoms with Crippen LogP contribution in [0.1, 0.15) is 11.3 Å². The van der Waals surface area contributed by atoms with Crippen LogP contribution in [0, 0.1) is 12.7 Å². The zero-order valence-electron chi connectivity index (χ0n) is 12.4. The summed E-state index contributed by atoms with van der Waals surface area (Å²) in [5.41, 5.74) is 4.50. The van der Waals surface area contributed by atoms with Crippen LogP contribution in [0.5, 0.6) is 11.5 Å². The molecular weight excluding hydrogens is 313 g/mol. The number of aryl methyl sites for hydroxylation is 1. The fourth-order valence-electron chi connectivity index (χ4n) is 1.86. The van der Waals surface area contributed by atoms with Gasteiger partial charge in [-0.05, 0) is 36.8 Å². The quantitative estimate of drug-likeness (QED) is 0.539. The molecule has 1 aromatic heterocycles. The lowest BCUT2D eigenvalue weighted by atomic mass is 10.2. The van der Waals surface area contributed by atoms with Crippen LogP contribution in [0.25, 0.3) is 0 Å². The summed E-state index contributed by atoms with van der Waals surface area (Å²) in [5.74, 6) is 0.316. The summed E-state index contributed by atoms with van der Waals surface area (Å²) in [4.78, 5) is 4.24. The van der Waals surface area contributed by atoms with E-state index in [9.17, 15) is 4.39 Å². The molecule has 0 unspecified atom stereocenters. The normalized spacial score (nSPS) is 10.9. The number of thiazole rings is 1. The maximum atomic E-state index is 13.9. The average Bonchev–Trinajstić information content (AvgIpc) is 2.97. The first-order valence-electron chi connectivity index (χ1n) is 6.94. The van der Waals surface area contributed by atoms with Gasteiger partial charge in [-0.25, -0.2) is 9.37 Å². The fraction of sp³-hybridized carbons (Fsp3) is 0.0588. The van der Waals surface area contributed by atoms with Gasteiger partial charge >= 0.3 is 0 Å². The number of benzene rings is 2. The van der Waals surface area contributed by atoms with Crippen LogP contribution in [0.4, 0.5) is 9.52 Å². The Balaban J connectivity index is 1.72. The minimum Gasteiger partial charge on any atom is -0.454 e. The van der Waals surface area contributed by atoms with Crippen molar-refractivity contribution in [3.63, 3.8) is 0 Å². The first-order valence-corrected chi connectivity index (χ1v) is 7.82. The maximum absolute atomic E-state index is 13.9. The SMILES string of the molecule is Cc1csc(NN=Cc2ccc(F)c(Oc3ccccc3)c2)n1. The molecule has 4 nitrogen and oxygen atoms in total. The van der Waals surface area contributed by atoms with E-state index in [4.69, 9.17) is 4.74 Å². The molecule has 23 heavy (non-hydrogen) atoms. The highest BCUT2D eigenvalue weighted by atomic mass is 32.1. The minimum atomic E-state index is -0.422. The Labute approximate surface area is 137 Å². The molecule has 3 aromatic rings. The molecule has 0 aliphatic heterocycles. The number of hydrogen-bond acceptors (Lipinski definition) is 5. The predicted octanol–water partition coefficient (Wildman–Crippen LogP) is 4.83. The van der Waals surface area contributed by atoms with Crippen LogP contribution >= 0.6 is 11.3 Å². The lowest BCUT2D eigenvalue weighted by Crippen LogP contribution is -1.93. The molecule has 0 saturated heterocycles. The van der Waals surface area contributed by atoms with Crippen LogP contribution in [0.15, 0.2) is 59.0 Å². The molecule has 0 fully saturated rings. The number of aromatic nitrogens is 1. The van der Waals surface area contributed by atoms with E-state index in [2.05, 4.69) is 15.5 Å². The lowest BCUT2D eigenvalue weighted by Gasteiger charge is -2.07. The molecule has 0 bridgehead atoms. The lowest BCUT2D eigenvalue weighted by molar-refractivity contribution is 0.442. The molecule has 0 amide bonds. The van der Waals surface area contributed by atoms with Crippen molar-refractivity contribution in [2.75, 3.05) is 5.43 Å². The number of nitrogens with zero attached hydrogens (tertiary/aromatic N) is 2. The van der Waals surface area contributed by atoms with Crippen molar-refractivity contribution >= 4 is 22.7 Å². The number of hydrogen-bond donors (Lipinski definition) is 1. The van der Waals surface area contributed by atoms with Gasteiger partial charge in [0.25, 0.3) is 0 Å². The fourth-order valence-corrected chi connectivity index (χ4v) is 2.50. The van der Waals surface area contributed by atoms with Gasteiger partial charge in [0.2, 0.25) is 5.13 Å². The van der Waals surface area contributed by atoms with Gasteiger partial charge in [0.15, 0.2) is 11.6 Å². The summed E-state index contributed by atoms with van der Waals surface area (Å²) in [5, 5.41) is 6.74. The van der Waals surface area contributed by atoms with Crippen LogP contribution in [-0.2, 0) is 0 Å². The third-order valence-electron chi connectivity index (χ3n) is 2.92. The van der Waals surface area contributed by atoms with Gasteiger partial charge in [0.1, 0.15) is 5.75 Å². The highest BCUT2D eigenvalue weighted by Gasteiger charge is 2.05. The van der Waals surface area contributed by atoms with Crippen LogP contribution in [0.2, 0.25) is 0 Å². The first kappa shape index (κ1) is 15.2. The average molecular weight is 327 g/mol. The Morgan fingerprint density at radius 1 is 1.22 bits per heavy atom. The Bertz CT molecular complexity index is 818. The summed E-state index contributed by atoms with van der Waals surface area (Å²) in [7, 11) is 0. The molecule has 0 saturated carbocycles. The van der Waals surface area contributed by atoms with E-state index in [0.29, 0.717) is 10.9 Å². The number of para-hydroxylation sites is 1. The van der Waals surface area contributed by atoms with E-state index in [1.165, 1.54) is 17.4 Å². The Morgan fingerprint density at radius 2 is 2.04 bits per heavy atom. The summed E-state index contributed by atoms with van der Waals surface area (Å²) >= 11 is 1.47. The molecule has 1 N–H and O–H groups in total. The second-order valence-corrected chi connectivity index (χ2v) is 5.63. The van der Waals surface area contributed by atoms with E-state index < -0.39 is 5.82 Å². The van der Waals surface area contributed by atoms with Gasteiger partial charge in [0.05, 0.1) is 11.9 Å². The molecule has 2 aromatic carbocycles. The van der Waals surface area contributed by atoms with Gasteiger partial charge in [0, 0.05) is 5.38 Å². The highest BCUT2D eigenvalue weighted by Crippen LogP contribution is 2.25. The monoisotopic (exact) mass is 327 g/mol. The van der Waals surface area contributed by atoms with Gasteiger partial charge in [-0.3, -0.25) is 5.43 Å². The molecular formula is C17H14FN3OS. The first-order chi connectivity index (χ1) is 11.2. The highest BCUT2D eigenvalue weighted by molar-refractivity contribution is 7.13. The molecule has 116 valence electrons. The van der Waals surface area contributed by atoms with Crippen molar-refractivity contribution in [3.05, 3.63) is 71.0 Å². The summed E-state index contributed by atoms with van der Waals surface area (Å²) in [6, 6.07) is 13.7. The minimum absolute atomic E-state index is 0.158. The number of anilines is 1. The van der Waals surface area contributed by atoms with Gasteiger partial charge in [-0.1, -0.05) is 24.3 Å². The zero-order chi connectivity index (χ0) is 16.1. The van der Waals surface area contributed by atoms with Gasteiger partial charge in [-0.2, -0.15) is 5.10 Å². The van der Waals surface area contributed by atoms with Crippen molar-refractivity contribution in [2.45, 2.75) is 6.92 Å². The summed E-state index contributed by atoms with van der Waals surface area (Å²) in [6.07, 6.45) is 1.59. The molecule has 3 rings (SSSR count). The number of nitrogens with one attached hydrogen (secondary N) is 1. The molecule has 0 atom stereocenters. The topological polar surface area (TPSA) is 46.5 Å². The predicted molar refractivity (Wildman–Crippen MR) is 91.0 cm³/mol. The Morgan fingerprint density at radius 3 is 2.78 bits per heavy atom. The van der Waals surface area contributed by atoms with Gasteiger partial charge in [-0.15, -0.1) is 11.3 Å². The largest absolute Gasteiger partial charge is 0.454 e. The van der Waals surface area contributed by atoms with E-state index in [1.54, 1.807) is 30.5 Å². The second kappa shape index (κ2) is 7.02. The zero-order valence-corrected chi connectivity index (χ0v) is 13.2. The molecule has 0 spiro atoms. The van der Waals surface area contributed by atoms with Crippen molar-refractivity contribution in [3.8, 4) is 11.5 Å². The molecule has 1 heterocycles. The van der Waals surface area contributed by atoms with Crippen molar-refractivity contribution < 1.29 is 9.13 Å². The smallest absolute Gasteiger partial charge is 0.203 e.